The van der Waals surface area contributed by atoms with Crippen LogP contribution in [0, 0.1) is 24.5 Å². The van der Waals surface area contributed by atoms with Crippen molar-refractivity contribution in [2.75, 3.05) is 20.2 Å². The molecule has 0 N–H and O–H groups in total. The van der Waals surface area contributed by atoms with Gasteiger partial charge in [-0.1, -0.05) is 38.0 Å². The molecule has 0 fully saturated rings. The summed E-state index contributed by atoms with van der Waals surface area (Å²) >= 11 is 0. The lowest BCUT2D eigenvalue weighted by molar-refractivity contribution is 0.0126. The number of rotatable bonds is 13. The Hall–Kier alpha value is -2.27. The summed E-state index contributed by atoms with van der Waals surface area (Å²) in [4.78, 5) is 15.0. The van der Waals surface area contributed by atoms with Gasteiger partial charge >= 0.3 is 0 Å². The minimum absolute atomic E-state index is 0.000355. The molecule has 0 bridgehead atoms. The Morgan fingerprint density at radius 1 is 1.06 bits per heavy atom. The van der Waals surface area contributed by atoms with Crippen molar-refractivity contribution in [1.82, 2.24) is 4.90 Å². The van der Waals surface area contributed by atoms with Crippen LogP contribution in [0.5, 0.6) is 0 Å². The number of aryl methyl sites for hydroxylation is 1. The molecule has 182 valence electrons. The Balaban J connectivity index is 1.97. The Morgan fingerprint density at radius 2 is 1.76 bits per heavy atom. The fourth-order valence-corrected chi connectivity index (χ4v) is 4.07. The first kappa shape index (κ1) is 27.0. The van der Waals surface area contributed by atoms with Gasteiger partial charge in [-0.2, -0.15) is 0 Å². The average Bonchev–Trinajstić information content (AvgIpc) is 2.77. The molecule has 1 unspecified atom stereocenters. The number of carbonyl (C=O) groups excluding carboxylic acids is 1. The maximum atomic E-state index is 14.2. The van der Waals surface area contributed by atoms with Crippen molar-refractivity contribution < 1.29 is 18.3 Å². The molecule has 2 aromatic rings. The topological polar surface area (TPSA) is 29.5 Å². The summed E-state index contributed by atoms with van der Waals surface area (Å²) in [7, 11) is 1.75. The number of nitrogens with zero attached hydrogens (tertiary/aromatic N) is 1. The summed E-state index contributed by atoms with van der Waals surface area (Å²) in [5.41, 5.74) is 1.69. The van der Waals surface area contributed by atoms with Crippen molar-refractivity contribution in [2.24, 2.45) is 5.92 Å². The lowest BCUT2D eigenvalue weighted by Gasteiger charge is -2.26. The van der Waals surface area contributed by atoms with E-state index in [-0.39, 0.29) is 11.5 Å². The summed E-state index contributed by atoms with van der Waals surface area (Å²) in [6.45, 7) is 9.34. The molecular weight excluding hydrogens is 420 g/mol. The van der Waals surface area contributed by atoms with Gasteiger partial charge in [0.15, 0.2) is 0 Å². The van der Waals surface area contributed by atoms with Crippen molar-refractivity contribution in [3.8, 4) is 0 Å². The number of halogens is 2. The fourth-order valence-electron chi connectivity index (χ4n) is 4.07. The van der Waals surface area contributed by atoms with Crippen LogP contribution in [0.3, 0.4) is 0 Å². The molecule has 0 aliphatic heterocycles. The minimum atomic E-state index is -0.558. The van der Waals surface area contributed by atoms with Crippen LogP contribution in [-0.4, -0.2) is 36.6 Å². The van der Waals surface area contributed by atoms with Crippen LogP contribution in [0.2, 0.25) is 0 Å². The Bertz CT molecular complexity index is 860. The summed E-state index contributed by atoms with van der Waals surface area (Å²) in [6, 6.07) is 11.6. The monoisotopic (exact) mass is 459 g/mol. The van der Waals surface area contributed by atoms with Crippen LogP contribution < -0.4 is 0 Å². The molecule has 0 saturated carbocycles. The molecule has 0 aliphatic rings. The molecule has 1 amide bonds. The standard InChI is InChI=1S/C28H39F2NO2/c1-21(11-9-16-28(3,4)33-5)15-18-31(27(32)23-12-7-6-8-13-23)17-10-14-25-22(2)19-24(29)20-26(25)30/h6-8,12-13,19-21H,9-11,14-18H2,1-5H3. The van der Waals surface area contributed by atoms with Gasteiger partial charge in [0, 0.05) is 31.8 Å². The van der Waals surface area contributed by atoms with E-state index in [1.165, 1.54) is 6.07 Å². The number of ether oxygens (including phenoxy) is 1. The first-order valence-corrected chi connectivity index (χ1v) is 12.0. The van der Waals surface area contributed by atoms with E-state index in [0.717, 1.165) is 31.7 Å². The molecule has 33 heavy (non-hydrogen) atoms. The Morgan fingerprint density at radius 3 is 2.39 bits per heavy atom. The predicted octanol–water partition coefficient (Wildman–Crippen LogP) is 6.97. The second kappa shape index (κ2) is 12.8. The van der Waals surface area contributed by atoms with E-state index >= 15 is 0 Å². The molecule has 0 aromatic heterocycles. The molecule has 0 spiro atoms. The maximum absolute atomic E-state index is 14.2. The van der Waals surface area contributed by atoms with Crippen LogP contribution in [0.1, 0.15) is 74.4 Å². The molecular formula is C28H39F2NO2. The van der Waals surface area contributed by atoms with Crippen LogP contribution >= 0.6 is 0 Å². The first-order valence-electron chi connectivity index (χ1n) is 12.0. The third kappa shape index (κ3) is 8.88. The van der Waals surface area contributed by atoms with E-state index < -0.39 is 11.6 Å². The van der Waals surface area contributed by atoms with Gasteiger partial charge in [-0.3, -0.25) is 4.79 Å². The van der Waals surface area contributed by atoms with E-state index in [4.69, 9.17) is 4.74 Å². The largest absolute Gasteiger partial charge is 0.379 e. The molecule has 0 radical (unpaired) electrons. The molecule has 0 aliphatic carbocycles. The molecule has 0 heterocycles. The molecule has 2 aromatic carbocycles. The second-order valence-electron chi connectivity index (χ2n) is 9.69. The maximum Gasteiger partial charge on any atom is 0.253 e. The quantitative estimate of drug-likeness (QED) is 0.324. The second-order valence-corrected chi connectivity index (χ2v) is 9.69. The molecule has 2 rings (SSSR count). The lowest BCUT2D eigenvalue weighted by atomic mass is 9.94. The highest BCUT2D eigenvalue weighted by Crippen LogP contribution is 2.22. The van der Waals surface area contributed by atoms with Gasteiger partial charge in [-0.25, -0.2) is 8.78 Å². The first-order chi connectivity index (χ1) is 15.6. The Kier molecular flexibility index (Phi) is 10.5. The summed E-state index contributed by atoms with van der Waals surface area (Å²) < 4.78 is 33.1. The summed E-state index contributed by atoms with van der Waals surface area (Å²) in [5, 5.41) is 0. The number of amides is 1. The highest BCUT2D eigenvalue weighted by molar-refractivity contribution is 5.94. The van der Waals surface area contributed by atoms with Gasteiger partial charge in [-0.15, -0.1) is 0 Å². The van der Waals surface area contributed by atoms with E-state index in [1.807, 2.05) is 35.2 Å². The van der Waals surface area contributed by atoms with Crippen molar-refractivity contribution in [2.45, 2.75) is 71.8 Å². The predicted molar refractivity (Wildman–Crippen MR) is 130 cm³/mol. The van der Waals surface area contributed by atoms with Gasteiger partial charge in [0.25, 0.3) is 5.91 Å². The zero-order valence-corrected chi connectivity index (χ0v) is 20.8. The van der Waals surface area contributed by atoms with Gasteiger partial charge in [-0.05, 0) is 81.7 Å². The van der Waals surface area contributed by atoms with Crippen LogP contribution in [0.15, 0.2) is 42.5 Å². The summed E-state index contributed by atoms with van der Waals surface area (Å²) in [6.07, 6.45) is 5.17. The highest BCUT2D eigenvalue weighted by Gasteiger charge is 2.19. The third-order valence-corrected chi connectivity index (χ3v) is 6.47. The van der Waals surface area contributed by atoms with Crippen molar-refractivity contribution in [3.05, 3.63) is 70.8 Å². The molecule has 3 nitrogen and oxygen atoms in total. The number of methoxy groups -OCH3 is 1. The molecule has 5 heteroatoms. The zero-order valence-electron chi connectivity index (χ0n) is 20.8. The van der Waals surface area contributed by atoms with Gasteiger partial charge in [0.2, 0.25) is 0 Å². The van der Waals surface area contributed by atoms with E-state index in [1.54, 1.807) is 14.0 Å². The van der Waals surface area contributed by atoms with Gasteiger partial charge in [0.05, 0.1) is 5.60 Å². The molecule has 0 saturated heterocycles. The fraction of sp³-hybridized carbons (Fsp3) is 0.536. The van der Waals surface area contributed by atoms with Crippen LogP contribution in [0.25, 0.3) is 0 Å². The van der Waals surface area contributed by atoms with Crippen molar-refractivity contribution in [3.63, 3.8) is 0 Å². The lowest BCUT2D eigenvalue weighted by Crippen LogP contribution is -2.34. The van der Waals surface area contributed by atoms with E-state index in [9.17, 15) is 13.6 Å². The number of hydrogen-bond donors (Lipinski definition) is 0. The Labute approximate surface area is 198 Å². The van der Waals surface area contributed by atoms with Crippen LogP contribution in [0.4, 0.5) is 8.78 Å². The normalized spacial score (nSPS) is 12.6. The smallest absolute Gasteiger partial charge is 0.253 e. The van der Waals surface area contributed by atoms with Gasteiger partial charge in [0.1, 0.15) is 11.6 Å². The number of benzene rings is 2. The highest BCUT2D eigenvalue weighted by atomic mass is 19.1. The SMILES string of the molecule is COC(C)(C)CCCC(C)CCN(CCCc1c(C)cc(F)cc1F)C(=O)c1ccccc1. The van der Waals surface area contributed by atoms with Crippen molar-refractivity contribution >= 4 is 5.91 Å². The number of hydrogen-bond acceptors (Lipinski definition) is 2. The van der Waals surface area contributed by atoms with Gasteiger partial charge < -0.3 is 9.64 Å². The number of carbonyl (C=O) groups is 1. The van der Waals surface area contributed by atoms with E-state index in [2.05, 4.69) is 20.8 Å². The molecule has 1 atom stereocenters. The summed E-state index contributed by atoms with van der Waals surface area (Å²) in [5.74, 6) is -0.585. The average molecular weight is 460 g/mol. The van der Waals surface area contributed by atoms with Crippen molar-refractivity contribution in [1.29, 1.82) is 0 Å². The zero-order chi connectivity index (χ0) is 24.4. The third-order valence-electron chi connectivity index (χ3n) is 6.47. The van der Waals surface area contributed by atoms with Crippen LogP contribution in [-0.2, 0) is 11.2 Å². The minimum Gasteiger partial charge on any atom is -0.379 e. The van der Waals surface area contributed by atoms with E-state index in [0.29, 0.717) is 48.5 Å².